The molecule has 0 spiro atoms. The molecule has 0 bridgehead atoms. The highest BCUT2D eigenvalue weighted by molar-refractivity contribution is 6.34. The van der Waals surface area contributed by atoms with Crippen molar-refractivity contribution in [1.29, 1.82) is 0 Å². The van der Waals surface area contributed by atoms with Gasteiger partial charge in [0.2, 0.25) is 11.8 Å². The minimum Gasteiger partial charge on any atom is -0.378 e. The molecule has 2 aliphatic rings. The predicted octanol–water partition coefficient (Wildman–Crippen LogP) is 3.01. The van der Waals surface area contributed by atoms with Crippen molar-refractivity contribution in [3.8, 4) is 0 Å². The number of nitrogens with one attached hydrogen (secondary N) is 1. The van der Waals surface area contributed by atoms with Gasteiger partial charge in [0.25, 0.3) is 0 Å². The normalized spacial score (nSPS) is 18.7. The van der Waals surface area contributed by atoms with Crippen molar-refractivity contribution in [1.82, 2.24) is 4.90 Å². The van der Waals surface area contributed by atoms with Gasteiger partial charge in [0, 0.05) is 38.0 Å². The fourth-order valence-corrected chi connectivity index (χ4v) is 3.98. The molecule has 1 aromatic rings. The smallest absolute Gasteiger partial charge is 0.227 e. The van der Waals surface area contributed by atoms with Crippen LogP contribution in [0, 0.1) is 11.8 Å². The zero-order valence-electron chi connectivity index (χ0n) is 16.0. The lowest BCUT2D eigenvalue weighted by atomic mass is 9.95. The second-order valence-electron chi connectivity index (χ2n) is 7.48. The molecule has 0 radical (unpaired) electrons. The number of amides is 2. The zero-order chi connectivity index (χ0) is 19.4. The Morgan fingerprint density at radius 1 is 1.15 bits per heavy atom. The Morgan fingerprint density at radius 3 is 2.44 bits per heavy atom. The summed E-state index contributed by atoms with van der Waals surface area (Å²) in [4.78, 5) is 29.0. The van der Waals surface area contributed by atoms with E-state index < -0.39 is 0 Å². The number of carbonyl (C=O) groups excluding carboxylic acids is 2. The third kappa shape index (κ3) is 4.74. The van der Waals surface area contributed by atoms with E-state index in [9.17, 15) is 9.59 Å². The Balaban J connectivity index is 1.65. The summed E-state index contributed by atoms with van der Waals surface area (Å²) >= 11 is 6.44. The number of morpholine rings is 1. The number of piperidine rings is 1. The Morgan fingerprint density at radius 2 is 1.81 bits per heavy atom. The highest BCUT2D eigenvalue weighted by atomic mass is 35.5. The summed E-state index contributed by atoms with van der Waals surface area (Å²) in [7, 11) is 0. The molecule has 3 rings (SSSR count). The van der Waals surface area contributed by atoms with Crippen LogP contribution >= 0.6 is 11.6 Å². The van der Waals surface area contributed by atoms with Crippen LogP contribution in [0.2, 0.25) is 5.02 Å². The predicted molar refractivity (Wildman–Crippen MR) is 107 cm³/mol. The van der Waals surface area contributed by atoms with Gasteiger partial charge in [-0.1, -0.05) is 31.5 Å². The summed E-state index contributed by atoms with van der Waals surface area (Å²) in [5, 5.41) is 3.71. The molecule has 2 amide bonds. The van der Waals surface area contributed by atoms with E-state index >= 15 is 0 Å². The molecule has 148 valence electrons. The molecule has 2 heterocycles. The van der Waals surface area contributed by atoms with Gasteiger partial charge in [-0.15, -0.1) is 0 Å². The van der Waals surface area contributed by atoms with E-state index in [-0.39, 0.29) is 23.7 Å². The summed E-state index contributed by atoms with van der Waals surface area (Å²) in [6.45, 7) is 7.91. The summed E-state index contributed by atoms with van der Waals surface area (Å²) in [6, 6.07) is 5.59. The summed E-state index contributed by atoms with van der Waals surface area (Å²) < 4.78 is 5.42. The number of hydrogen-bond donors (Lipinski definition) is 1. The van der Waals surface area contributed by atoms with Gasteiger partial charge in [-0.2, -0.15) is 0 Å². The fourth-order valence-electron chi connectivity index (χ4n) is 3.69. The number of nitrogens with zero attached hydrogens (tertiary/aromatic N) is 2. The van der Waals surface area contributed by atoms with Crippen LogP contribution in [-0.2, 0) is 14.3 Å². The van der Waals surface area contributed by atoms with Gasteiger partial charge < -0.3 is 19.9 Å². The quantitative estimate of drug-likeness (QED) is 0.854. The molecule has 0 saturated carbocycles. The number of rotatable bonds is 4. The monoisotopic (exact) mass is 393 g/mol. The molecule has 2 saturated heterocycles. The van der Waals surface area contributed by atoms with Gasteiger partial charge >= 0.3 is 0 Å². The summed E-state index contributed by atoms with van der Waals surface area (Å²) in [6.07, 6.45) is 1.38. The Hall–Kier alpha value is -1.79. The van der Waals surface area contributed by atoms with Crippen LogP contribution in [0.3, 0.4) is 0 Å². The molecule has 7 heteroatoms. The first-order valence-corrected chi connectivity index (χ1v) is 10.1. The highest BCUT2D eigenvalue weighted by Crippen LogP contribution is 2.35. The molecule has 0 atom stereocenters. The first-order valence-electron chi connectivity index (χ1n) is 9.68. The van der Waals surface area contributed by atoms with Crippen LogP contribution < -0.4 is 10.2 Å². The second-order valence-corrected chi connectivity index (χ2v) is 7.89. The molecule has 2 aliphatic heterocycles. The van der Waals surface area contributed by atoms with Gasteiger partial charge in [-0.25, -0.2) is 0 Å². The standard InChI is InChI=1S/C20H28ClN3O3/c1-14(2)20(26)24-8-6-15(7-9-24)19(25)22-17-5-3-4-16(21)18(17)23-10-12-27-13-11-23/h3-5,14-15H,6-13H2,1-2H3,(H,22,25). The third-order valence-corrected chi connectivity index (χ3v) is 5.55. The lowest BCUT2D eigenvalue weighted by molar-refractivity contribution is -0.137. The van der Waals surface area contributed by atoms with Crippen molar-refractivity contribution in [3.05, 3.63) is 23.2 Å². The summed E-state index contributed by atoms with van der Waals surface area (Å²) in [5.41, 5.74) is 1.61. The first kappa shape index (κ1) is 20.0. The van der Waals surface area contributed by atoms with Gasteiger partial charge in [0.15, 0.2) is 0 Å². The lowest BCUT2D eigenvalue weighted by Crippen LogP contribution is -2.43. The van der Waals surface area contributed by atoms with E-state index in [1.54, 1.807) is 0 Å². The maximum Gasteiger partial charge on any atom is 0.227 e. The van der Waals surface area contributed by atoms with Crippen molar-refractivity contribution in [2.75, 3.05) is 49.6 Å². The number of benzene rings is 1. The number of likely N-dealkylation sites (tertiary alicyclic amines) is 1. The van der Waals surface area contributed by atoms with E-state index in [1.807, 2.05) is 36.9 Å². The van der Waals surface area contributed by atoms with E-state index in [0.29, 0.717) is 44.2 Å². The van der Waals surface area contributed by atoms with Gasteiger partial charge in [0.1, 0.15) is 0 Å². The summed E-state index contributed by atoms with van der Waals surface area (Å²) in [5.74, 6) is 0.0809. The molecular formula is C20H28ClN3O3. The SMILES string of the molecule is CC(C)C(=O)N1CCC(C(=O)Nc2cccc(Cl)c2N2CCOCC2)CC1. The molecule has 1 aromatic carbocycles. The number of para-hydroxylation sites is 1. The molecular weight excluding hydrogens is 366 g/mol. The van der Waals surface area contributed by atoms with Crippen LogP contribution in [0.5, 0.6) is 0 Å². The van der Waals surface area contributed by atoms with Crippen molar-refractivity contribution in [2.45, 2.75) is 26.7 Å². The Labute approximate surface area is 165 Å². The number of ether oxygens (including phenoxy) is 1. The second kappa shape index (κ2) is 8.93. The maximum absolute atomic E-state index is 12.8. The van der Waals surface area contributed by atoms with Crippen molar-refractivity contribution in [2.24, 2.45) is 11.8 Å². The highest BCUT2D eigenvalue weighted by Gasteiger charge is 2.29. The Kier molecular flexibility index (Phi) is 6.60. The van der Waals surface area contributed by atoms with Crippen LogP contribution in [0.15, 0.2) is 18.2 Å². The van der Waals surface area contributed by atoms with E-state index in [1.165, 1.54) is 0 Å². The van der Waals surface area contributed by atoms with Crippen molar-refractivity contribution in [3.63, 3.8) is 0 Å². The van der Waals surface area contributed by atoms with E-state index in [0.717, 1.165) is 24.5 Å². The number of carbonyl (C=O) groups is 2. The Bertz CT molecular complexity index is 681. The topological polar surface area (TPSA) is 61.9 Å². The molecule has 2 fully saturated rings. The average Bonchev–Trinajstić information content (AvgIpc) is 2.68. The molecule has 6 nitrogen and oxygen atoms in total. The molecule has 27 heavy (non-hydrogen) atoms. The van der Waals surface area contributed by atoms with Crippen LogP contribution in [-0.4, -0.2) is 56.1 Å². The van der Waals surface area contributed by atoms with Gasteiger partial charge in [0.05, 0.1) is 29.6 Å². The van der Waals surface area contributed by atoms with E-state index in [4.69, 9.17) is 16.3 Å². The number of hydrogen-bond acceptors (Lipinski definition) is 4. The van der Waals surface area contributed by atoms with Crippen LogP contribution in [0.1, 0.15) is 26.7 Å². The maximum atomic E-state index is 12.8. The van der Waals surface area contributed by atoms with Crippen LogP contribution in [0.25, 0.3) is 0 Å². The number of anilines is 2. The van der Waals surface area contributed by atoms with E-state index in [2.05, 4.69) is 10.2 Å². The van der Waals surface area contributed by atoms with Gasteiger partial charge in [-0.3, -0.25) is 9.59 Å². The fraction of sp³-hybridized carbons (Fsp3) is 0.600. The lowest BCUT2D eigenvalue weighted by Gasteiger charge is -2.33. The third-order valence-electron chi connectivity index (χ3n) is 5.24. The van der Waals surface area contributed by atoms with Crippen molar-refractivity contribution >= 4 is 34.8 Å². The van der Waals surface area contributed by atoms with Gasteiger partial charge in [-0.05, 0) is 25.0 Å². The average molecular weight is 394 g/mol. The van der Waals surface area contributed by atoms with Crippen molar-refractivity contribution < 1.29 is 14.3 Å². The first-order chi connectivity index (χ1) is 13.0. The molecule has 0 aromatic heterocycles. The zero-order valence-corrected chi connectivity index (χ0v) is 16.8. The molecule has 0 aliphatic carbocycles. The minimum atomic E-state index is -0.0854. The molecule has 0 unspecified atom stereocenters. The number of halogens is 1. The largest absolute Gasteiger partial charge is 0.378 e. The minimum absolute atomic E-state index is 0.00193. The van der Waals surface area contributed by atoms with Crippen LogP contribution in [0.4, 0.5) is 11.4 Å². The molecule has 1 N–H and O–H groups in total.